The molecule has 0 radical (unpaired) electrons. The van der Waals surface area contributed by atoms with Crippen LogP contribution in [-0.4, -0.2) is 18.6 Å². The highest BCUT2D eigenvalue weighted by Crippen LogP contribution is 2.26. The summed E-state index contributed by atoms with van der Waals surface area (Å²) in [4.78, 5) is 0. The molecule has 2 aromatic rings. The summed E-state index contributed by atoms with van der Waals surface area (Å²) in [6.45, 7) is 0.348. The third-order valence-electron chi connectivity index (χ3n) is 2.32. The van der Waals surface area contributed by atoms with Crippen LogP contribution in [0, 0.1) is 0 Å². The molecule has 0 aliphatic rings. The van der Waals surface area contributed by atoms with Gasteiger partial charge in [0.25, 0.3) is 0 Å². The minimum Gasteiger partial charge on any atom is -0.497 e. The van der Waals surface area contributed by atoms with Crippen LogP contribution < -0.4 is 14.2 Å². The van der Waals surface area contributed by atoms with Crippen molar-refractivity contribution in [1.29, 1.82) is 0 Å². The van der Waals surface area contributed by atoms with Crippen LogP contribution in [0.2, 0.25) is 4.34 Å². The number of hydrogen-bond acceptors (Lipinski definition) is 5. The highest BCUT2D eigenvalue weighted by molar-refractivity contribution is 7.10. The van der Waals surface area contributed by atoms with Crippen LogP contribution in [0.3, 0.4) is 0 Å². The van der Waals surface area contributed by atoms with E-state index in [9.17, 15) is 0 Å². The van der Waals surface area contributed by atoms with E-state index in [-0.39, 0.29) is 0 Å². The number of nitrogens with zero attached hydrogens (tertiary/aromatic N) is 1. The molecule has 0 amide bonds. The monoisotopic (exact) mass is 285 g/mol. The number of aromatic nitrogens is 1. The molecule has 0 aliphatic carbocycles. The van der Waals surface area contributed by atoms with E-state index in [0.29, 0.717) is 16.8 Å². The summed E-state index contributed by atoms with van der Waals surface area (Å²) in [6, 6.07) is 7.22. The lowest BCUT2D eigenvalue weighted by atomic mass is 10.2. The van der Waals surface area contributed by atoms with Crippen LogP contribution >= 0.6 is 23.1 Å². The molecule has 96 valence electrons. The van der Waals surface area contributed by atoms with Crippen molar-refractivity contribution in [3.63, 3.8) is 0 Å². The summed E-state index contributed by atoms with van der Waals surface area (Å²) in [5.74, 6) is 2.01. The second-order valence-corrected chi connectivity index (χ2v) is 4.87. The maximum atomic E-state index is 5.78. The Morgan fingerprint density at radius 3 is 2.67 bits per heavy atom. The van der Waals surface area contributed by atoms with E-state index < -0.39 is 0 Å². The number of benzene rings is 1. The van der Waals surface area contributed by atoms with Crippen LogP contribution in [0.25, 0.3) is 0 Å². The van der Waals surface area contributed by atoms with Gasteiger partial charge in [0.05, 0.1) is 14.2 Å². The first-order valence-corrected chi connectivity index (χ1v) is 6.34. The Labute approximate surface area is 114 Å². The van der Waals surface area contributed by atoms with E-state index >= 15 is 0 Å². The van der Waals surface area contributed by atoms with Gasteiger partial charge in [-0.3, -0.25) is 0 Å². The Bertz CT molecular complexity index is 530. The van der Waals surface area contributed by atoms with Gasteiger partial charge >= 0.3 is 0 Å². The number of rotatable bonds is 5. The van der Waals surface area contributed by atoms with Crippen molar-refractivity contribution < 1.29 is 14.2 Å². The summed E-state index contributed by atoms with van der Waals surface area (Å²) < 4.78 is 20.6. The normalized spacial score (nSPS) is 10.2. The van der Waals surface area contributed by atoms with E-state index in [0.717, 1.165) is 17.1 Å². The molecule has 0 bridgehead atoms. The summed E-state index contributed by atoms with van der Waals surface area (Å²) in [7, 11) is 3.23. The van der Waals surface area contributed by atoms with Gasteiger partial charge in [-0.25, -0.2) is 0 Å². The van der Waals surface area contributed by atoms with E-state index in [4.69, 9.17) is 25.8 Å². The lowest BCUT2D eigenvalue weighted by molar-refractivity contribution is 0.287. The van der Waals surface area contributed by atoms with Crippen molar-refractivity contribution in [3.05, 3.63) is 34.2 Å². The maximum absolute atomic E-state index is 5.78. The van der Waals surface area contributed by atoms with Crippen molar-refractivity contribution in [3.8, 4) is 17.4 Å². The minimum atomic E-state index is 0.348. The van der Waals surface area contributed by atoms with Gasteiger partial charge in [0.1, 0.15) is 22.4 Å². The fourth-order valence-electron chi connectivity index (χ4n) is 1.45. The van der Waals surface area contributed by atoms with Gasteiger partial charge in [-0.05, 0) is 29.7 Å². The minimum absolute atomic E-state index is 0.348. The summed E-state index contributed by atoms with van der Waals surface area (Å²) in [6.07, 6.45) is 0. The number of methoxy groups -OCH3 is 2. The van der Waals surface area contributed by atoms with E-state index in [1.54, 1.807) is 20.3 Å². The molecule has 0 N–H and O–H groups in total. The fourth-order valence-corrected chi connectivity index (χ4v) is 2.09. The van der Waals surface area contributed by atoms with Gasteiger partial charge < -0.3 is 14.2 Å². The topological polar surface area (TPSA) is 40.6 Å². The van der Waals surface area contributed by atoms with Crippen LogP contribution in [0.15, 0.2) is 24.3 Å². The summed E-state index contributed by atoms with van der Waals surface area (Å²) in [5, 5.41) is 0. The summed E-state index contributed by atoms with van der Waals surface area (Å²) >= 11 is 6.97. The van der Waals surface area contributed by atoms with E-state index in [1.807, 2.05) is 18.2 Å². The fraction of sp³-hybridized carbons (Fsp3) is 0.250. The molecular formula is C12H12ClNO3S. The average molecular weight is 286 g/mol. The number of halogens is 1. The molecule has 1 heterocycles. The van der Waals surface area contributed by atoms with Gasteiger partial charge in [-0.1, -0.05) is 11.6 Å². The van der Waals surface area contributed by atoms with Crippen LogP contribution in [0.1, 0.15) is 5.56 Å². The standard InChI is InChI=1S/C12H12ClNO3S/c1-15-9-3-4-10(16-2)8(5-9)7-17-12-6-11(13)18-14-12/h3-6H,7H2,1-2H3. The van der Waals surface area contributed by atoms with Gasteiger partial charge in [0, 0.05) is 11.6 Å². The van der Waals surface area contributed by atoms with Crippen molar-refractivity contribution in [1.82, 2.24) is 4.37 Å². The Morgan fingerprint density at radius 2 is 2.06 bits per heavy atom. The second kappa shape index (κ2) is 5.93. The molecule has 2 rings (SSSR count). The molecule has 6 heteroatoms. The first kappa shape index (κ1) is 13.0. The molecule has 0 atom stereocenters. The highest BCUT2D eigenvalue weighted by Gasteiger charge is 2.07. The van der Waals surface area contributed by atoms with Crippen LogP contribution in [0.4, 0.5) is 0 Å². The third kappa shape index (κ3) is 3.05. The molecule has 0 unspecified atom stereocenters. The Balaban J connectivity index is 2.11. The smallest absolute Gasteiger partial charge is 0.227 e. The molecule has 1 aromatic heterocycles. The molecule has 4 nitrogen and oxygen atoms in total. The van der Waals surface area contributed by atoms with Crippen molar-refractivity contribution >= 4 is 23.1 Å². The van der Waals surface area contributed by atoms with Crippen molar-refractivity contribution in [2.24, 2.45) is 0 Å². The Morgan fingerprint density at radius 1 is 1.22 bits per heavy atom. The lowest BCUT2D eigenvalue weighted by Gasteiger charge is -2.10. The quantitative estimate of drug-likeness (QED) is 0.844. The Hall–Kier alpha value is -1.46. The first-order valence-electron chi connectivity index (χ1n) is 5.19. The zero-order valence-corrected chi connectivity index (χ0v) is 11.5. The molecule has 1 aromatic carbocycles. The zero-order chi connectivity index (χ0) is 13.0. The average Bonchev–Trinajstić information content (AvgIpc) is 2.81. The summed E-state index contributed by atoms with van der Waals surface area (Å²) in [5.41, 5.74) is 0.890. The number of hydrogen-bond donors (Lipinski definition) is 0. The third-order valence-corrected chi connectivity index (χ3v) is 3.20. The molecule has 0 fully saturated rings. The van der Waals surface area contributed by atoms with Crippen molar-refractivity contribution in [2.45, 2.75) is 6.61 Å². The van der Waals surface area contributed by atoms with Crippen LogP contribution in [0.5, 0.6) is 17.4 Å². The molecule has 0 aliphatic heterocycles. The Kier molecular flexibility index (Phi) is 4.28. The largest absolute Gasteiger partial charge is 0.497 e. The molecule has 0 saturated heterocycles. The maximum Gasteiger partial charge on any atom is 0.227 e. The molecule has 0 spiro atoms. The SMILES string of the molecule is COc1ccc(OC)c(COc2cc(Cl)sn2)c1. The molecule has 0 saturated carbocycles. The van der Waals surface area contributed by atoms with Gasteiger partial charge in [-0.2, -0.15) is 4.37 Å². The molecule has 18 heavy (non-hydrogen) atoms. The number of ether oxygens (including phenoxy) is 3. The van der Waals surface area contributed by atoms with Crippen molar-refractivity contribution in [2.75, 3.05) is 14.2 Å². The van der Waals surface area contributed by atoms with Gasteiger partial charge in [0.2, 0.25) is 5.88 Å². The van der Waals surface area contributed by atoms with Crippen LogP contribution in [-0.2, 0) is 6.61 Å². The zero-order valence-electron chi connectivity index (χ0n) is 9.97. The van der Waals surface area contributed by atoms with Gasteiger partial charge in [-0.15, -0.1) is 0 Å². The predicted molar refractivity (Wildman–Crippen MR) is 71.0 cm³/mol. The lowest BCUT2D eigenvalue weighted by Crippen LogP contribution is -1.99. The molecular weight excluding hydrogens is 274 g/mol. The van der Waals surface area contributed by atoms with Gasteiger partial charge in [0.15, 0.2) is 0 Å². The first-order chi connectivity index (χ1) is 8.72. The highest BCUT2D eigenvalue weighted by atomic mass is 35.5. The predicted octanol–water partition coefficient (Wildman–Crippen LogP) is 3.39. The second-order valence-electron chi connectivity index (χ2n) is 3.44. The van der Waals surface area contributed by atoms with E-state index in [1.165, 1.54) is 11.5 Å². The van der Waals surface area contributed by atoms with E-state index in [2.05, 4.69) is 4.37 Å².